The van der Waals surface area contributed by atoms with E-state index >= 15 is 0 Å². The Morgan fingerprint density at radius 2 is 1.70 bits per heavy atom. The van der Waals surface area contributed by atoms with Crippen molar-refractivity contribution in [3.8, 4) is 0 Å². The molecule has 0 bridgehead atoms. The molecule has 1 aromatic heterocycles. The first-order valence-corrected chi connectivity index (χ1v) is 7.06. The van der Waals surface area contributed by atoms with Crippen LogP contribution in [0.5, 0.6) is 0 Å². The Kier molecular flexibility index (Phi) is 3.57. The molecule has 100 valence electrons. The standard InChI is InChI=1S/C17H15ClN2/c1-20(15-8-3-2-4-9-15)17-16-10-6-5-7-13(16)11-14(12-18)19-17/h2-11H,12H2,1H3. The number of aromatic nitrogens is 1. The lowest BCUT2D eigenvalue weighted by atomic mass is 10.1. The number of halogens is 1. The maximum atomic E-state index is 5.97. The topological polar surface area (TPSA) is 16.1 Å². The Morgan fingerprint density at radius 3 is 2.45 bits per heavy atom. The van der Waals surface area contributed by atoms with Crippen molar-refractivity contribution in [3.63, 3.8) is 0 Å². The van der Waals surface area contributed by atoms with Crippen LogP contribution in [0.15, 0.2) is 60.7 Å². The molecule has 2 aromatic carbocycles. The van der Waals surface area contributed by atoms with E-state index in [1.54, 1.807) is 0 Å². The Hall–Kier alpha value is -2.06. The van der Waals surface area contributed by atoms with Gasteiger partial charge < -0.3 is 4.90 Å². The van der Waals surface area contributed by atoms with Crippen LogP contribution in [0.25, 0.3) is 10.8 Å². The second-order valence-electron chi connectivity index (χ2n) is 4.69. The first kappa shape index (κ1) is 12.9. The van der Waals surface area contributed by atoms with Gasteiger partial charge in [-0.3, -0.25) is 0 Å². The van der Waals surface area contributed by atoms with Gasteiger partial charge in [-0.05, 0) is 23.6 Å². The van der Waals surface area contributed by atoms with Crippen LogP contribution in [0.2, 0.25) is 0 Å². The van der Waals surface area contributed by atoms with Gasteiger partial charge in [0.2, 0.25) is 0 Å². The summed E-state index contributed by atoms with van der Waals surface area (Å²) in [5.41, 5.74) is 2.00. The molecule has 2 nitrogen and oxygen atoms in total. The van der Waals surface area contributed by atoms with E-state index in [0.29, 0.717) is 5.88 Å². The SMILES string of the molecule is CN(c1ccccc1)c1nc(CCl)cc2ccccc12. The van der Waals surface area contributed by atoms with Gasteiger partial charge in [-0.25, -0.2) is 4.98 Å². The second kappa shape index (κ2) is 5.51. The van der Waals surface area contributed by atoms with Crippen LogP contribution in [0.3, 0.4) is 0 Å². The van der Waals surface area contributed by atoms with Crippen molar-refractivity contribution >= 4 is 33.9 Å². The van der Waals surface area contributed by atoms with E-state index in [9.17, 15) is 0 Å². The summed E-state index contributed by atoms with van der Waals surface area (Å²) < 4.78 is 0. The third-order valence-electron chi connectivity index (χ3n) is 3.37. The van der Waals surface area contributed by atoms with Crippen molar-refractivity contribution < 1.29 is 0 Å². The zero-order valence-corrected chi connectivity index (χ0v) is 12.0. The Morgan fingerprint density at radius 1 is 1.00 bits per heavy atom. The Bertz CT molecular complexity index is 725. The van der Waals surface area contributed by atoms with Crippen molar-refractivity contribution in [1.82, 2.24) is 4.98 Å². The number of para-hydroxylation sites is 1. The van der Waals surface area contributed by atoms with Gasteiger partial charge in [0.25, 0.3) is 0 Å². The lowest BCUT2D eigenvalue weighted by molar-refractivity contribution is 1.10. The van der Waals surface area contributed by atoms with Gasteiger partial charge >= 0.3 is 0 Å². The first-order chi connectivity index (χ1) is 9.79. The number of hydrogen-bond donors (Lipinski definition) is 0. The number of nitrogens with zero attached hydrogens (tertiary/aromatic N) is 2. The lowest BCUT2D eigenvalue weighted by Crippen LogP contribution is -2.12. The van der Waals surface area contributed by atoms with Gasteiger partial charge in [0.05, 0.1) is 11.6 Å². The summed E-state index contributed by atoms with van der Waals surface area (Å²) in [4.78, 5) is 6.79. The molecule has 0 N–H and O–H groups in total. The van der Waals surface area contributed by atoms with Crippen molar-refractivity contribution in [2.24, 2.45) is 0 Å². The summed E-state index contributed by atoms with van der Waals surface area (Å²) in [5.74, 6) is 1.35. The molecule has 0 aliphatic heterocycles. The summed E-state index contributed by atoms with van der Waals surface area (Å²) in [6, 6.07) is 20.5. The normalized spacial score (nSPS) is 10.7. The van der Waals surface area contributed by atoms with E-state index in [-0.39, 0.29) is 0 Å². The molecule has 0 aliphatic rings. The first-order valence-electron chi connectivity index (χ1n) is 6.53. The predicted molar refractivity (Wildman–Crippen MR) is 85.8 cm³/mol. The highest BCUT2D eigenvalue weighted by molar-refractivity contribution is 6.17. The predicted octanol–water partition coefficient (Wildman–Crippen LogP) is 4.74. The highest BCUT2D eigenvalue weighted by Gasteiger charge is 2.11. The quantitative estimate of drug-likeness (QED) is 0.645. The molecular formula is C17H15ClN2. The third kappa shape index (κ3) is 2.35. The number of pyridine rings is 1. The minimum absolute atomic E-state index is 0.417. The van der Waals surface area contributed by atoms with E-state index in [0.717, 1.165) is 28.0 Å². The molecule has 20 heavy (non-hydrogen) atoms. The monoisotopic (exact) mass is 282 g/mol. The zero-order valence-electron chi connectivity index (χ0n) is 11.3. The highest BCUT2D eigenvalue weighted by atomic mass is 35.5. The molecule has 0 unspecified atom stereocenters. The Labute approximate surface area is 123 Å². The second-order valence-corrected chi connectivity index (χ2v) is 4.95. The minimum atomic E-state index is 0.417. The average molecular weight is 283 g/mol. The molecule has 0 saturated carbocycles. The van der Waals surface area contributed by atoms with E-state index < -0.39 is 0 Å². The van der Waals surface area contributed by atoms with Crippen LogP contribution in [0, 0.1) is 0 Å². The van der Waals surface area contributed by atoms with Gasteiger partial charge in [0.15, 0.2) is 0 Å². The molecule has 3 aromatic rings. The van der Waals surface area contributed by atoms with Crippen molar-refractivity contribution in [1.29, 1.82) is 0 Å². The summed E-state index contributed by atoms with van der Waals surface area (Å²) in [6.07, 6.45) is 0. The van der Waals surface area contributed by atoms with Crippen molar-refractivity contribution in [2.75, 3.05) is 11.9 Å². The van der Waals surface area contributed by atoms with Crippen LogP contribution in [0.4, 0.5) is 11.5 Å². The van der Waals surface area contributed by atoms with Crippen LogP contribution in [-0.2, 0) is 5.88 Å². The number of fused-ring (bicyclic) bond motifs is 1. The van der Waals surface area contributed by atoms with E-state index in [1.165, 1.54) is 0 Å². The fraction of sp³-hybridized carbons (Fsp3) is 0.118. The molecule has 0 atom stereocenters. The maximum Gasteiger partial charge on any atom is 0.140 e. The summed E-state index contributed by atoms with van der Waals surface area (Å²) in [7, 11) is 2.03. The smallest absolute Gasteiger partial charge is 0.140 e. The largest absolute Gasteiger partial charge is 0.329 e. The van der Waals surface area contributed by atoms with Gasteiger partial charge in [-0.1, -0.05) is 42.5 Å². The van der Waals surface area contributed by atoms with E-state index in [2.05, 4.69) is 34.1 Å². The summed E-state index contributed by atoms with van der Waals surface area (Å²) in [6.45, 7) is 0. The molecule has 0 saturated heterocycles. The summed E-state index contributed by atoms with van der Waals surface area (Å²) in [5, 5.41) is 2.30. The minimum Gasteiger partial charge on any atom is -0.329 e. The molecule has 0 fully saturated rings. The van der Waals surface area contributed by atoms with Crippen LogP contribution in [0.1, 0.15) is 5.69 Å². The molecule has 0 radical (unpaired) electrons. The fourth-order valence-corrected chi connectivity index (χ4v) is 2.47. The number of rotatable bonds is 3. The van der Waals surface area contributed by atoms with Gasteiger partial charge in [0, 0.05) is 18.1 Å². The molecule has 0 spiro atoms. The molecule has 0 amide bonds. The van der Waals surface area contributed by atoms with Crippen molar-refractivity contribution in [3.05, 3.63) is 66.4 Å². The zero-order chi connectivity index (χ0) is 13.9. The molecule has 1 heterocycles. The molecule has 3 heteroatoms. The number of anilines is 2. The Balaban J connectivity index is 2.19. The number of benzene rings is 2. The van der Waals surface area contributed by atoms with E-state index in [4.69, 9.17) is 11.6 Å². The van der Waals surface area contributed by atoms with Crippen LogP contribution in [-0.4, -0.2) is 12.0 Å². The fourth-order valence-electron chi connectivity index (χ4n) is 2.33. The number of alkyl halides is 1. The molecule has 3 rings (SSSR count). The average Bonchev–Trinajstić information content (AvgIpc) is 2.54. The van der Waals surface area contributed by atoms with Gasteiger partial charge in [-0.15, -0.1) is 11.6 Å². The van der Waals surface area contributed by atoms with Gasteiger partial charge in [0.1, 0.15) is 5.82 Å². The molecular weight excluding hydrogens is 268 g/mol. The third-order valence-corrected chi connectivity index (χ3v) is 3.65. The lowest BCUT2D eigenvalue weighted by Gasteiger charge is -2.21. The van der Waals surface area contributed by atoms with E-state index in [1.807, 2.05) is 43.4 Å². The van der Waals surface area contributed by atoms with Gasteiger partial charge in [-0.2, -0.15) is 0 Å². The highest BCUT2D eigenvalue weighted by Crippen LogP contribution is 2.30. The van der Waals surface area contributed by atoms with Crippen LogP contribution >= 0.6 is 11.6 Å². The van der Waals surface area contributed by atoms with Crippen molar-refractivity contribution in [2.45, 2.75) is 5.88 Å². The number of hydrogen-bond acceptors (Lipinski definition) is 2. The summed E-state index contributed by atoms with van der Waals surface area (Å²) >= 11 is 5.97. The van der Waals surface area contributed by atoms with Crippen LogP contribution < -0.4 is 4.90 Å². The molecule has 0 aliphatic carbocycles. The maximum absolute atomic E-state index is 5.97.